The molecule has 1 aromatic rings. The smallest absolute Gasteiger partial charge is 0.311 e. The van der Waals surface area contributed by atoms with Gasteiger partial charge >= 0.3 is 5.97 Å². The van der Waals surface area contributed by atoms with Crippen LogP contribution >= 0.6 is 0 Å². The monoisotopic (exact) mass is 912 g/mol. The highest BCUT2D eigenvalue weighted by Gasteiger charge is 2.58. The molecule has 16 heteroatoms. The van der Waals surface area contributed by atoms with Crippen molar-refractivity contribution in [2.45, 2.75) is 205 Å². The number of methoxy groups -OCH3 is 1. The van der Waals surface area contributed by atoms with Crippen LogP contribution < -0.4 is 25.4 Å². The lowest BCUT2D eigenvalue weighted by atomic mass is 9.75. The maximum Gasteiger partial charge on any atom is 0.311 e. The van der Waals surface area contributed by atoms with E-state index in [9.17, 15) is 25.2 Å². The van der Waals surface area contributed by atoms with E-state index in [0.717, 1.165) is 6.42 Å². The molecule has 0 bridgehead atoms. The molecular weight excluding hydrogens is 827 g/mol. The second-order valence-electron chi connectivity index (χ2n) is 19.6. The zero-order valence-corrected chi connectivity index (χ0v) is 41.2. The summed E-state index contributed by atoms with van der Waals surface area (Å²) in [5.74, 6) is -1.39. The third kappa shape index (κ3) is 12.7. The van der Waals surface area contributed by atoms with E-state index in [-0.39, 0.29) is 43.9 Å². The first kappa shape index (κ1) is 54.4. The molecular formula is C48H85N3O13. The number of benzene rings is 1. The highest BCUT2D eigenvalue weighted by atomic mass is 16.7. The van der Waals surface area contributed by atoms with Crippen molar-refractivity contribution in [3.8, 4) is 11.5 Å². The third-order valence-electron chi connectivity index (χ3n) is 14.1. The molecule has 0 amide bonds. The number of aliphatic hydroxyl groups is 4. The molecule has 0 aromatic heterocycles. The molecule has 3 aliphatic heterocycles. The Morgan fingerprint density at radius 3 is 2.16 bits per heavy atom. The molecule has 16 nitrogen and oxygen atoms in total. The van der Waals surface area contributed by atoms with Gasteiger partial charge in [0, 0.05) is 32.0 Å². The fraction of sp³-hybridized carbons (Fsp3) is 0.854. The molecule has 0 radical (unpaired) electrons. The molecule has 1 aromatic carbocycles. The zero-order chi connectivity index (χ0) is 47.8. The van der Waals surface area contributed by atoms with Gasteiger partial charge in [-0.1, -0.05) is 27.7 Å². The number of cyclic esters (lactones) is 1. The maximum atomic E-state index is 14.6. The van der Waals surface area contributed by atoms with Gasteiger partial charge in [0.2, 0.25) is 0 Å². The first-order chi connectivity index (χ1) is 30.0. The predicted octanol–water partition coefficient (Wildman–Crippen LogP) is 4.07. The van der Waals surface area contributed by atoms with Gasteiger partial charge in [0.15, 0.2) is 18.7 Å². The lowest BCUT2D eigenvalue weighted by Gasteiger charge is -2.53. The maximum absolute atomic E-state index is 14.6. The number of aliphatic hydroxyl groups excluding tert-OH is 1. The highest BCUT2D eigenvalue weighted by molar-refractivity contribution is 5.73. The summed E-state index contributed by atoms with van der Waals surface area (Å²) < 4.78 is 51.7. The van der Waals surface area contributed by atoms with Gasteiger partial charge in [-0.25, -0.2) is 0 Å². The molecule has 3 fully saturated rings. The van der Waals surface area contributed by atoms with Crippen LogP contribution in [0.25, 0.3) is 0 Å². The molecule has 3 saturated heterocycles. The van der Waals surface area contributed by atoms with Crippen molar-refractivity contribution < 1.29 is 63.1 Å². The van der Waals surface area contributed by atoms with Gasteiger partial charge in [0.25, 0.3) is 0 Å². The summed E-state index contributed by atoms with van der Waals surface area (Å²) in [6.45, 7) is 23.6. The summed E-state index contributed by atoms with van der Waals surface area (Å²) >= 11 is 0. The van der Waals surface area contributed by atoms with Crippen LogP contribution in [0.2, 0.25) is 0 Å². The summed E-state index contributed by atoms with van der Waals surface area (Å²) in [4.78, 5) is 14.6. The lowest BCUT2D eigenvalue weighted by molar-refractivity contribution is -0.335. The second kappa shape index (κ2) is 23.2. The van der Waals surface area contributed by atoms with Crippen molar-refractivity contribution in [1.29, 1.82) is 0 Å². The summed E-state index contributed by atoms with van der Waals surface area (Å²) in [7, 11) is 3.41. The van der Waals surface area contributed by atoms with Gasteiger partial charge < -0.3 is 74.3 Å². The van der Waals surface area contributed by atoms with Gasteiger partial charge in [-0.05, 0) is 131 Å². The Bertz CT molecular complexity index is 1570. The molecule has 64 heavy (non-hydrogen) atoms. The van der Waals surface area contributed by atoms with Crippen LogP contribution in [0.5, 0.6) is 11.5 Å². The van der Waals surface area contributed by atoms with Gasteiger partial charge in [0.1, 0.15) is 40.5 Å². The highest BCUT2D eigenvalue weighted by Crippen LogP contribution is 2.43. The minimum atomic E-state index is -1.82. The topological polar surface area (TPSA) is 208 Å². The van der Waals surface area contributed by atoms with E-state index in [1.807, 2.05) is 72.9 Å². The van der Waals surface area contributed by atoms with Crippen LogP contribution in [0.15, 0.2) is 24.3 Å². The Morgan fingerprint density at radius 2 is 1.56 bits per heavy atom. The van der Waals surface area contributed by atoms with E-state index in [1.54, 1.807) is 41.7 Å². The number of hydrogen-bond acceptors (Lipinski definition) is 16. The van der Waals surface area contributed by atoms with Crippen molar-refractivity contribution in [3.05, 3.63) is 24.3 Å². The Hall–Kier alpha value is -2.19. The van der Waals surface area contributed by atoms with Crippen LogP contribution in [-0.2, 0) is 33.2 Å². The fourth-order valence-corrected chi connectivity index (χ4v) is 10.1. The van der Waals surface area contributed by atoms with Crippen LogP contribution in [0.3, 0.4) is 0 Å². The van der Waals surface area contributed by atoms with Crippen LogP contribution in [0.1, 0.15) is 115 Å². The number of nitrogens with one attached hydrogen (secondary N) is 3. The molecule has 0 spiro atoms. The van der Waals surface area contributed by atoms with Crippen LogP contribution in [0, 0.1) is 17.8 Å². The van der Waals surface area contributed by atoms with E-state index >= 15 is 0 Å². The molecule has 370 valence electrons. The average molecular weight is 912 g/mol. The minimum absolute atomic E-state index is 0.0925. The minimum Gasteiger partial charge on any atom is -0.494 e. The Labute approximate surface area is 383 Å². The van der Waals surface area contributed by atoms with Gasteiger partial charge in [0.05, 0.1) is 48.6 Å². The van der Waals surface area contributed by atoms with Crippen molar-refractivity contribution in [1.82, 2.24) is 16.0 Å². The van der Waals surface area contributed by atoms with Gasteiger partial charge in [-0.3, -0.25) is 4.79 Å². The second-order valence-corrected chi connectivity index (χ2v) is 19.6. The third-order valence-corrected chi connectivity index (χ3v) is 14.1. The quantitative estimate of drug-likeness (QED) is 0.0978. The van der Waals surface area contributed by atoms with Crippen molar-refractivity contribution in [3.63, 3.8) is 0 Å². The SMILES string of the molecule is CCCNC[C@]1(O)[C@H](C)O[C@@H](OC2C(C)C(=O)OC(CC)C(C)(O)C(O)C(C)NCC(C)CC(C)(O)C(O[C@@H]3O[C@H](C)C[C@H](NC)[C@H]3Oc3ccc(OCC)cc3)C2C)C[C@@]1(C)OC. The Kier molecular flexibility index (Phi) is 19.7. The van der Waals surface area contributed by atoms with Crippen LogP contribution in [-0.4, -0.2) is 157 Å². The molecule has 0 aliphatic carbocycles. The van der Waals surface area contributed by atoms with E-state index < -0.39 is 95.5 Å². The van der Waals surface area contributed by atoms with E-state index in [1.165, 1.54) is 6.92 Å². The number of likely N-dealkylation sites (N-methyl/N-ethyl adjacent to an activating group) is 1. The molecule has 7 N–H and O–H groups in total. The van der Waals surface area contributed by atoms with E-state index in [0.29, 0.717) is 37.6 Å². The fourth-order valence-electron chi connectivity index (χ4n) is 10.1. The summed E-state index contributed by atoms with van der Waals surface area (Å²) in [6.07, 6.45) is -6.20. The van der Waals surface area contributed by atoms with E-state index in [2.05, 4.69) is 16.0 Å². The van der Waals surface area contributed by atoms with Gasteiger partial charge in [-0.15, -0.1) is 0 Å². The largest absolute Gasteiger partial charge is 0.494 e. The van der Waals surface area contributed by atoms with E-state index in [4.69, 9.17) is 37.9 Å². The summed E-state index contributed by atoms with van der Waals surface area (Å²) in [5, 5.41) is 58.4. The number of rotatable bonds is 15. The van der Waals surface area contributed by atoms with Crippen LogP contribution in [0.4, 0.5) is 0 Å². The molecule has 18 atom stereocenters. The van der Waals surface area contributed by atoms with Crippen molar-refractivity contribution in [2.75, 3.05) is 40.4 Å². The summed E-state index contributed by atoms with van der Waals surface area (Å²) in [5.41, 5.74) is -6.00. The number of carbonyl (C=O) groups excluding carboxylic acids is 1. The van der Waals surface area contributed by atoms with Crippen molar-refractivity contribution in [2.24, 2.45) is 17.8 Å². The number of hydrogen-bond donors (Lipinski definition) is 7. The number of ether oxygens (including phenoxy) is 8. The molecule has 3 aliphatic rings. The Balaban J connectivity index is 1.84. The predicted molar refractivity (Wildman–Crippen MR) is 243 cm³/mol. The molecule has 10 unspecified atom stereocenters. The normalized spacial score (nSPS) is 43.1. The number of esters is 1. The summed E-state index contributed by atoms with van der Waals surface area (Å²) in [6, 6.07) is 6.53. The molecule has 0 saturated carbocycles. The molecule has 3 heterocycles. The lowest BCUT2D eigenvalue weighted by Crippen LogP contribution is -2.70. The Morgan fingerprint density at radius 1 is 0.906 bits per heavy atom. The standard InChI is InChI=1S/C48H85N3O13/c1-15-22-50-27-48(56)33(9)60-38(25-46(48,11)57-14)63-39-30(6)42(64-44-40(36(49-13)23-29(5)59-44)61-35-20-18-34(19-21-35)58-17-3)45(10,54)24-28(4)26-51-32(8)41(52)47(12,55)37(16-2)62-43(53)31(39)7/h18-21,28-33,36-42,44,49-52,54-56H,15-17,22-27H2,1-14H3/t28?,29-,30?,31?,32?,33+,36+,37?,38+,39?,40-,41?,42?,44+,45?,46-,47?,48+/m1/s1. The van der Waals surface area contributed by atoms with Gasteiger partial charge in [-0.2, -0.15) is 0 Å². The average Bonchev–Trinajstić information content (AvgIpc) is 3.24. The first-order valence-corrected chi connectivity index (χ1v) is 23.8. The first-order valence-electron chi connectivity index (χ1n) is 23.8. The zero-order valence-electron chi connectivity index (χ0n) is 41.2. The number of carbonyl (C=O) groups is 1. The van der Waals surface area contributed by atoms with Crippen molar-refractivity contribution >= 4 is 5.97 Å². The molecule has 4 rings (SSSR count).